The Bertz CT molecular complexity index is 1050. The highest BCUT2D eigenvalue weighted by atomic mass is 15.2. The van der Waals surface area contributed by atoms with E-state index < -0.39 is 6.04 Å². The SMILES string of the molecule is CCCCN(CCCC)c1ccc(C2N=C(NC#N)Nc3nc(N)c(C#N)c(N)c32)cc1. The number of pyridine rings is 1. The van der Waals surface area contributed by atoms with E-state index in [9.17, 15) is 5.26 Å². The molecule has 9 nitrogen and oxygen atoms in total. The fourth-order valence-corrected chi connectivity index (χ4v) is 3.76. The molecule has 6 N–H and O–H groups in total. The van der Waals surface area contributed by atoms with Gasteiger partial charge in [-0.2, -0.15) is 10.5 Å². The van der Waals surface area contributed by atoms with Crippen molar-refractivity contribution in [3.63, 3.8) is 0 Å². The number of nitriles is 2. The number of benzene rings is 1. The van der Waals surface area contributed by atoms with Gasteiger partial charge in [0.05, 0.1) is 5.69 Å². The van der Waals surface area contributed by atoms with Crippen LogP contribution in [0.25, 0.3) is 0 Å². The molecular weight excluding hydrogens is 402 g/mol. The fraction of sp³-hybridized carbons (Fsp3) is 0.391. The molecule has 3 rings (SSSR count). The average Bonchev–Trinajstić information content (AvgIpc) is 2.79. The van der Waals surface area contributed by atoms with Gasteiger partial charge in [-0.1, -0.05) is 38.8 Å². The molecule has 166 valence electrons. The zero-order valence-electron chi connectivity index (χ0n) is 18.5. The van der Waals surface area contributed by atoms with Crippen LogP contribution in [0.2, 0.25) is 0 Å². The minimum absolute atomic E-state index is 0.0334. The Morgan fingerprint density at radius 2 is 1.75 bits per heavy atom. The Morgan fingerprint density at radius 3 is 2.31 bits per heavy atom. The minimum Gasteiger partial charge on any atom is -0.397 e. The number of rotatable bonds is 8. The third kappa shape index (κ3) is 4.68. The number of nitrogens with zero attached hydrogens (tertiary/aromatic N) is 5. The Kier molecular flexibility index (Phi) is 7.35. The number of nitrogens with two attached hydrogens (primary N) is 2. The predicted molar refractivity (Wildman–Crippen MR) is 128 cm³/mol. The predicted octanol–water partition coefficient (Wildman–Crippen LogP) is 3.47. The van der Waals surface area contributed by atoms with Crippen LogP contribution in [-0.2, 0) is 0 Å². The van der Waals surface area contributed by atoms with Crippen molar-refractivity contribution < 1.29 is 0 Å². The van der Waals surface area contributed by atoms with Gasteiger partial charge in [-0.05, 0) is 30.5 Å². The molecule has 1 aliphatic rings. The number of aliphatic imine (C=N–C) groups is 1. The van der Waals surface area contributed by atoms with Gasteiger partial charge >= 0.3 is 0 Å². The minimum atomic E-state index is -0.531. The van der Waals surface area contributed by atoms with Crippen molar-refractivity contribution >= 4 is 29.0 Å². The molecule has 1 aromatic carbocycles. The number of hydrogen-bond donors (Lipinski definition) is 4. The lowest BCUT2D eigenvalue weighted by Crippen LogP contribution is -2.32. The number of guanidine groups is 1. The van der Waals surface area contributed by atoms with Gasteiger partial charge in [0.1, 0.15) is 29.3 Å². The lowest BCUT2D eigenvalue weighted by molar-refractivity contribution is 0.678. The van der Waals surface area contributed by atoms with E-state index in [0.717, 1.165) is 50.0 Å². The normalized spacial score (nSPS) is 14.4. The van der Waals surface area contributed by atoms with Gasteiger partial charge in [-0.25, -0.2) is 9.98 Å². The maximum atomic E-state index is 9.47. The van der Waals surface area contributed by atoms with Crippen molar-refractivity contribution in [2.45, 2.75) is 45.6 Å². The lowest BCUT2D eigenvalue weighted by Gasteiger charge is -2.27. The smallest absolute Gasteiger partial charge is 0.211 e. The number of fused-ring (bicyclic) bond motifs is 1. The molecule has 0 amide bonds. The third-order valence-corrected chi connectivity index (χ3v) is 5.49. The van der Waals surface area contributed by atoms with Crippen molar-refractivity contribution in [2.24, 2.45) is 4.99 Å². The van der Waals surface area contributed by atoms with Gasteiger partial charge in [-0.3, -0.25) is 5.32 Å². The van der Waals surface area contributed by atoms with Gasteiger partial charge in [0.15, 0.2) is 6.19 Å². The second kappa shape index (κ2) is 10.4. The van der Waals surface area contributed by atoms with Crippen molar-refractivity contribution in [2.75, 3.05) is 34.8 Å². The van der Waals surface area contributed by atoms with Gasteiger partial charge in [0, 0.05) is 24.3 Å². The first-order valence-corrected chi connectivity index (χ1v) is 10.9. The van der Waals surface area contributed by atoms with Gasteiger partial charge in [0.25, 0.3) is 0 Å². The van der Waals surface area contributed by atoms with E-state index in [1.807, 2.05) is 24.4 Å². The Hall–Kier alpha value is -3.98. The molecule has 2 heterocycles. The molecule has 1 unspecified atom stereocenters. The molecule has 0 bridgehead atoms. The summed E-state index contributed by atoms with van der Waals surface area (Å²) in [7, 11) is 0. The Balaban J connectivity index is 2.01. The topological polar surface area (TPSA) is 152 Å². The van der Waals surface area contributed by atoms with E-state index in [4.69, 9.17) is 16.7 Å². The van der Waals surface area contributed by atoms with E-state index in [1.165, 1.54) is 0 Å². The zero-order valence-corrected chi connectivity index (χ0v) is 18.5. The van der Waals surface area contributed by atoms with Crippen molar-refractivity contribution in [3.05, 3.63) is 41.0 Å². The van der Waals surface area contributed by atoms with E-state index >= 15 is 0 Å². The second-order valence-electron chi connectivity index (χ2n) is 7.69. The molecule has 0 saturated heterocycles. The number of nitrogen functional groups attached to an aromatic ring is 2. The highest BCUT2D eigenvalue weighted by Crippen LogP contribution is 2.40. The molecular formula is C23H29N9. The molecule has 2 aromatic rings. The molecule has 1 atom stereocenters. The van der Waals surface area contributed by atoms with Crippen LogP contribution in [0.5, 0.6) is 0 Å². The molecule has 9 heteroatoms. The largest absolute Gasteiger partial charge is 0.397 e. The first-order valence-electron chi connectivity index (χ1n) is 10.9. The molecule has 0 aliphatic carbocycles. The number of nitrogens with one attached hydrogen (secondary N) is 2. The maximum Gasteiger partial charge on any atom is 0.211 e. The quantitative estimate of drug-likeness (QED) is 0.366. The van der Waals surface area contributed by atoms with Gasteiger partial charge in [-0.15, -0.1) is 0 Å². The number of unbranched alkanes of at least 4 members (excludes halogenated alkanes) is 2. The first kappa shape index (κ1) is 22.7. The number of anilines is 4. The van der Waals surface area contributed by atoms with Crippen molar-refractivity contribution in [1.82, 2.24) is 10.3 Å². The van der Waals surface area contributed by atoms with Gasteiger partial charge < -0.3 is 21.7 Å². The van der Waals surface area contributed by atoms with E-state index in [0.29, 0.717) is 11.4 Å². The van der Waals surface area contributed by atoms with Crippen LogP contribution in [0.3, 0.4) is 0 Å². The zero-order chi connectivity index (χ0) is 23.1. The van der Waals surface area contributed by atoms with Crippen LogP contribution in [0.1, 0.15) is 62.3 Å². The number of hydrogen-bond acceptors (Lipinski definition) is 9. The Morgan fingerprint density at radius 1 is 1.09 bits per heavy atom. The summed E-state index contributed by atoms with van der Waals surface area (Å²) in [5.74, 6) is 0.664. The summed E-state index contributed by atoms with van der Waals surface area (Å²) in [5, 5.41) is 24.0. The monoisotopic (exact) mass is 431 g/mol. The van der Waals surface area contributed by atoms with Crippen LogP contribution < -0.4 is 27.0 Å². The molecule has 0 fully saturated rings. The Labute approximate surface area is 188 Å². The van der Waals surface area contributed by atoms with Crippen LogP contribution >= 0.6 is 0 Å². The molecule has 0 spiro atoms. The lowest BCUT2D eigenvalue weighted by atomic mass is 9.95. The van der Waals surface area contributed by atoms with E-state index in [2.05, 4.69) is 51.5 Å². The molecule has 0 saturated carbocycles. The number of aromatic nitrogens is 1. The van der Waals surface area contributed by atoms with Crippen LogP contribution in [0.15, 0.2) is 29.3 Å². The molecule has 1 aliphatic heterocycles. The van der Waals surface area contributed by atoms with E-state index in [1.54, 1.807) is 0 Å². The second-order valence-corrected chi connectivity index (χ2v) is 7.69. The molecule has 0 radical (unpaired) electrons. The summed E-state index contributed by atoms with van der Waals surface area (Å²) in [6.45, 7) is 6.42. The molecule has 1 aromatic heterocycles. The van der Waals surface area contributed by atoms with Crippen LogP contribution in [0, 0.1) is 22.8 Å². The van der Waals surface area contributed by atoms with Crippen molar-refractivity contribution in [3.8, 4) is 12.3 Å². The summed E-state index contributed by atoms with van der Waals surface area (Å²) in [6.07, 6.45) is 6.43. The highest BCUT2D eigenvalue weighted by molar-refractivity contribution is 5.98. The third-order valence-electron chi connectivity index (χ3n) is 5.49. The molecule has 32 heavy (non-hydrogen) atoms. The van der Waals surface area contributed by atoms with Crippen molar-refractivity contribution in [1.29, 1.82) is 10.5 Å². The fourth-order valence-electron chi connectivity index (χ4n) is 3.76. The summed E-state index contributed by atoms with van der Waals surface area (Å²) < 4.78 is 0. The maximum absolute atomic E-state index is 9.47. The summed E-state index contributed by atoms with van der Waals surface area (Å²) in [6, 6.07) is 9.68. The summed E-state index contributed by atoms with van der Waals surface area (Å²) >= 11 is 0. The van der Waals surface area contributed by atoms with E-state index in [-0.39, 0.29) is 23.0 Å². The van der Waals surface area contributed by atoms with Crippen LogP contribution in [-0.4, -0.2) is 24.0 Å². The highest BCUT2D eigenvalue weighted by Gasteiger charge is 2.29. The summed E-state index contributed by atoms with van der Waals surface area (Å²) in [5.41, 5.74) is 15.2. The van der Waals surface area contributed by atoms with Gasteiger partial charge in [0.2, 0.25) is 5.96 Å². The van der Waals surface area contributed by atoms with Crippen LogP contribution in [0.4, 0.5) is 23.0 Å². The average molecular weight is 432 g/mol. The first-order chi connectivity index (χ1) is 15.5. The standard InChI is InChI=1S/C23H29N9/c1-3-5-11-32(12-6-4-2)16-9-7-15(8-10-16)20-18-19(26)17(13-24)21(27)30-22(18)31-23(29-20)28-14-25/h7-10,20H,3-6,11-12H2,1-2H3,(H6,26,27,28,29,30,31). The summed E-state index contributed by atoms with van der Waals surface area (Å²) in [4.78, 5) is 11.3.